The van der Waals surface area contributed by atoms with Crippen LogP contribution in [-0.2, 0) is 11.2 Å². The highest BCUT2D eigenvalue weighted by Crippen LogP contribution is 2.30. The van der Waals surface area contributed by atoms with Crippen LogP contribution in [0.15, 0.2) is 60.0 Å². The summed E-state index contributed by atoms with van der Waals surface area (Å²) in [5.41, 5.74) is 1.96. The molecule has 0 radical (unpaired) electrons. The van der Waals surface area contributed by atoms with Crippen molar-refractivity contribution in [3.8, 4) is 10.6 Å². The number of carbonyl (C=O) groups excluding carboxylic acids is 1. The minimum Gasteiger partial charge on any atom is -0.481 e. The summed E-state index contributed by atoms with van der Waals surface area (Å²) < 4.78 is 0. The van der Waals surface area contributed by atoms with E-state index in [2.05, 4.69) is 10.3 Å². The lowest BCUT2D eigenvalue weighted by atomic mass is 10.0. The Hall–Kier alpha value is -2.70. The molecule has 1 aromatic heterocycles. The zero-order valence-electron chi connectivity index (χ0n) is 14.3. The number of carboxylic acid groups (broad SMARTS) is 1. The largest absolute Gasteiger partial charge is 0.481 e. The maximum absolute atomic E-state index is 12.6. The number of nitrogens with one attached hydrogen (secondary N) is 1. The van der Waals surface area contributed by atoms with Gasteiger partial charge in [0.15, 0.2) is 0 Å². The van der Waals surface area contributed by atoms with Gasteiger partial charge < -0.3 is 10.4 Å². The van der Waals surface area contributed by atoms with E-state index >= 15 is 0 Å². The number of amides is 1. The van der Waals surface area contributed by atoms with Gasteiger partial charge in [0.2, 0.25) is 0 Å². The van der Waals surface area contributed by atoms with Crippen LogP contribution in [0.2, 0.25) is 5.02 Å². The van der Waals surface area contributed by atoms with Gasteiger partial charge in [0.1, 0.15) is 10.7 Å². The van der Waals surface area contributed by atoms with Gasteiger partial charge in [0.25, 0.3) is 5.91 Å². The third-order valence-corrected chi connectivity index (χ3v) is 5.13. The first-order valence-electron chi connectivity index (χ1n) is 8.30. The van der Waals surface area contributed by atoms with Crippen LogP contribution in [0.3, 0.4) is 0 Å². The van der Waals surface area contributed by atoms with Crippen molar-refractivity contribution in [3.63, 3.8) is 0 Å². The Kier molecular flexibility index (Phi) is 6.21. The second kappa shape index (κ2) is 8.79. The van der Waals surface area contributed by atoms with Crippen LogP contribution >= 0.6 is 22.9 Å². The Morgan fingerprint density at radius 2 is 1.81 bits per heavy atom. The van der Waals surface area contributed by atoms with E-state index in [-0.39, 0.29) is 12.1 Å². The van der Waals surface area contributed by atoms with Gasteiger partial charge in [-0.3, -0.25) is 9.59 Å². The molecule has 0 saturated heterocycles. The first-order chi connectivity index (χ1) is 13.0. The number of aliphatic carboxylic acids is 1. The van der Waals surface area contributed by atoms with Gasteiger partial charge >= 0.3 is 5.97 Å². The van der Waals surface area contributed by atoms with Crippen molar-refractivity contribution in [1.29, 1.82) is 0 Å². The third-order valence-electron chi connectivity index (χ3n) is 3.92. The maximum atomic E-state index is 12.6. The monoisotopic (exact) mass is 400 g/mol. The van der Waals surface area contributed by atoms with E-state index < -0.39 is 17.9 Å². The molecule has 0 fully saturated rings. The Labute approximate surface area is 165 Å². The van der Waals surface area contributed by atoms with Gasteiger partial charge in [0.05, 0.1) is 11.4 Å². The molecule has 5 nitrogen and oxygen atoms in total. The smallest absolute Gasteiger partial charge is 0.305 e. The highest BCUT2D eigenvalue weighted by atomic mass is 35.5. The number of nitrogens with zero attached hydrogens (tertiary/aromatic N) is 1. The average molecular weight is 401 g/mol. The van der Waals surface area contributed by atoms with Crippen LogP contribution in [-0.4, -0.2) is 28.0 Å². The van der Waals surface area contributed by atoms with Crippen LogP contribution in [0.4, 0.5) is 0 Å². The summed E-state index contributed by atoms with van der Waals surface area (Å²) in [6.07, 6.45) is 0.266. The van der Waals surface area contributed by atoms with Crippen LogP contribution in [0.25, 0.3) is 10.6 Å². The number of halogens is 1. The molecule has 1 heterocycles. The van der Waals surface area contributed by atoms with Crippen LogP contribution in [0.1, 0.15) is 22.5 Å². The molecule has 2 aromatic carbocycles. The van der Waals surface area contributed by atoms with Gasteiger partial charge in [-0.25, -0.2) is 4.98 Å². The summed E-state index contributed by atoms with van der Waals surface area (Å²) in [7, 11) is 0. The summed E-state index contributed by atoms with van der Waals surface area (Å²) in [5, 5.41) is 14.8. The van der Waals surface area contributed by atoms with E-state index in [9.17, 15) is 9.59 Å². The molecule has 0 aliphatic heterocycles. The molecule has 1 atom stereocenters. The van der Waals surface area contributed by atoms with Crippen molar-refractivity contribution in [3.05, 3.63) is 76.3 Å². The molecule has 2 N–H and O–H groups in total. The van der Waals surface area contributed by atoms with Crippen molar-refractivity contribution in [2.24, 2.45) is 0 Å². The van der Waals surface area contributed by atoms with Gasteiger partial charge in [-0.2, -0.15) is 0 Å². The van der Waals surface area contributed by atoms with E-state index in [1.54, 1.807) is 11.4 Å². The number of aromatic nitrogens is 1. The zero-order chi connectivity index (χ0) is 19.2. The summed E-state index contributed by atoms with van der Waals surface area (Å²) in [6.45, 7) is 0. The summed E-state index contributed by atoms with van der Waals surface area (Å²) in [4.78, 5) is 28.1. The lowest BCUT2D eigenvalue weighted by Gasteiger charge is -2.16. The van der Waals surface area contributed by atoms with E-state index in [1.807, 2.05) is 48.5 Å². The predicted octanol–water partition coefficient (Wildman–Crippen LogP) is 4.28. The van der Waals surface area contributed by atoms with E-state index in [0.717, 1.165) is 11.1 Å². The fraction of sp³-hybridized carbons (Fsp3) is 0.150. The topological polar surface area (TPSA) is 79.3 Å². The molecule has 0 aliphatic rings. The van der Waals surface area contributed by atoms with Crippen molar-refractivity contribution in [2.75, 3.05) is 0 Å². The fourth-order valence-corrected chi connectivity index (χ4v) is 3.80. The molecule has 1 amide bonds. The van der Waals surface area contributed by atoms with Gasteiger partial charge in [-0.15, -0.1) is 11.3 Å². The van der Waals surface area contributed by atoms with Crippen molar-refractivity contribution >= 4 is 34.8 Å². The average Bonchev–Trinajstić information content (AvgIpc) is 3.12. The van der Waals surface area contributed by atoms with Crippen molar-refractivity contribution in [1.82, 2.24) is 10.3 Å². The molecule has 0 bridgehead atoms. The number of benzene rings is 2. The predicted molar refractivity (Wildman–Crippen MR) is 106 cm³/mol. The van der Waals surface area contributed by atoms with Crippen molar-refractivity contribution < 1.29 is 14.7 Å². The molecule has 7 heteroatoms. The minimum atomic E-state index is -0.966. The highest BCUT2D eigenvalue weighted by Gasteiger charge is 2.20. The minimum absolute atomic E-state index is 0.165. The Balaban J connectivity index is 1.74. The van der Waals surface area contributed by atoms with E-state index in [4.69, 9.17) is 16.7 Å². The zero-order valence-corrected chi connectivity index (χ0v) is 15.8. The number of carboxylic acids is 1. The van der Waals surface area contributed by atoms with Gasteiger partial charge in [-0.1, -0.05) is 60.1 Å². The van der Waals surface area contributed by atoms with Gasteiger partial charge in [-0.05, 0) is 18.1 Å². The standard InChI is InChI=1S/C20H17ClN2O3S/c21-16-9-5-4-8-15(16)20-23-17(12-27-20)19(26)22-14(11-18(24)25)10-13-6-2-1-3-7-13/h1-9,12,14H,10-11H2,(H,22,26)(H,24,25). The van der Waals surface area contributed by atoms with Crippen LogP contribution in [0, 0.1) is 0 Å². The second-order valence-electron chi connectivity index (χ2n) is 5.98. The molecule has 27 heavy (non-hydrogen) atoms. The van der Waals surface area contributed by atoms with E-state index in [0.29, 0.717) is 16.5 Å². The lowest BCUT2D eigenvalue weighted by molar-refractivity contribution is -0.137. The number of hydrogen-bond acceptors (Lipinski definition) is 4. The number of carbonyl (C=O) groups is 2. The SMILES string of the molecule is O=C(O)CC(Cc1ccccc1)NC(=O)c1csc(-c2ccccc2Cl)n1. The molecule has 1 unspecified atom stereocenters. The first kappa shape index (κ1) is 19.1. The quantitative estimate of drug-likeness (QED) is 0.620. The normalized spacial score (nSPS) is 11.7. The summed E-state index contributed by atoms with van der Waals surface area (Å²) in [5.74, 6) is -1.36. The van der Waals surface area contributed by atoms with E-state index in [1.165, 1.54) is 11.3 Å². The van der Waals surface area contributed by atoms with Crippen LogP contribution < -0.4 is 5.32 Å². The fourth-order valence-electron chi connectivity index (χ4n) is 2.68. The molecule has 0 aliphatic carbocycles. The van der Waals surface area contributed by atoms with Gasteiger partial charge in [0, 0.05) is 17.0 Å². The third kappa shape index (κ3) is 5.15. The lowest BCUT2D eigenvalue weighted by Crippen LogP contribution is -2.38. The molecule has 138 valence electrons. The molecule has 3 rings (SSSR count). The maximum Gasteiger partial charge on any atom is 0.305 e. The summed E-state index contributed by atoms with van der Waals surface area (Å²) in [6, 6.07) is 16.2. The van der Waals surface area contributed by atoms with Crippen LogP contribution in [0.5, 0.6) is 0 Å². The molecular weight excluding hydrogens is 384 g/mol. The Morgan fingerprint density at radius 1 is 1.11 bits per heavy atom. The number of rotatable bonds is 7. The highest BCUT2D eigenvalue weighted by molar-refractivity contribution is 7.13. The number of thiazole rings is 1. The molecule has 0 spiro atoms. The number of hydrogen-bond donors (Lipinski definition) is 2. The summed E-state index contributed by atoms with van der Waals surface area (Å²) >= 11 is 7.50. The second-order valence-corrected chi connectivity index (χ2v) is 7.24. The van der Waals surface area contributed by atoms with Crippen molar-refractivity contribution in [2.45, 2.75) is 18.9 Å². The molecule has 0 saturated carbocycles. The molecular formula is C20H17ClN2O3S. The first-order valence-corrected chi connectivity index (χ1v) is 9.55. The Bertz CT molecular complexity index is 943. The Morgan fingerprint density at radius 3 is 2.52 bits per heavy atom. The molecule has 3 aromatic rings.